The fraction of sp³-hybridized carbons (Fsp3) is 0.844. The van der Waals surface area contributed by atoms with E-state index in [0.29, 0.717) is 18.3 Å². The molecule has 5 heteroatoms. The van der Waals surface area contributed by atoms with Crippen LogP contribution >= 0.6 is 0 Å². The topological polar surface area (TPSA) is 80.7 Å². The van der Waals surface area contributed by atoms with Gasteiger partial charge in [-0.15, -0.1) is 0 Å². The number of rotatable bonds is 3. The van der Waals surface area contributed by atoms with Crippen LogP contribution in [0.4, 0.5) is 0 Å². The van der Waals surface area contributed by atoms with Gasteiger partial charge >= 0.3 is 11.9 Å². The van der Waals surface area contributed by atoms with Gasteiger partial charge in [0.25, 0.3) is 0 Å². The lowest BCUT2D eigenvalue weighted by atomic mass is 9.33. The number of carbonyl (C=O) groups is 3. The second kappa shape index (κ2) is 8.18. The molecule has 0 saturated heterocycles. The van der Waals surface area contributed by atoms with E-state index in [1.54, 1.807) is 0 Å². The Morgan fingerprint density at radius 1 is 0.892 bits per heavy atom. The van der Waals surface area contributed by atoms with Crippen molar-refractivity contribution in [1.29, 1.82) is 0 Å². The lowest BCUT2D eigenvalue weighted by Crippen LogP contribution is -2.66. The Morgan fingerprint density at radius 3 is 2.16 bits per heavy atom. The number of ketones is 1. The van der Waals surface area contributed by atoms with Crippen molar-refractivity contribution in [3.05, 3.63) is 11.1 Å². The molecule has 0 heterocycles. The van der Waals surface area contributed by atoms with Gasteiger partial charge < -0.3 is 9.84 Å². The average Bonchev–Trinajstić information content (AvgIpc) is 3.09. The SMILES string of the molecule is CC(=O)O[C@H]1CC[C@]2(C)[C@H]3CCC4C5=C(C(C)C)C(=O)C[C@]5(C(=O)O)CC[C@@]4(C)[C@]3(C)CC[C@H]2C1(C)C. The van der Waals surface area contributed by atoms with E-state index < -0.39 is 11.4 Å². The van der Waals surface area contributed by atoms with Crippen molar-refractivity contribution >= 4 is 17.7 Å². The molecule has 5 aliphatic carbocycles. The highest BCUT2D eigenvalue weighted by atomic mass is 16.5. The van der Waals surface area contributed by atoms with Gasteiger partial charge in [-0.2, -0.15) is 0 Å². The molecule has 0 radical (unpaired) electrons. The van der Waals surface area contributed by atoms with Crippen molar-refractivity contribution in [3.63, 3.8) is 0 Å². The summed E-state index contributed by atoms with van der Waals surface area (Å²) in [6, 6.07) is 0. The summed E-state index contributed by atoms with van der Waals surface area (Å²) in [4.78, 5) is 38.0. The first-order valence-electron chi connectivity index (χ1n) is 14.7. The molecule has 206 valence electrons. The van der Waals surface area contributed by atoms with Gasteiger partial charge in [0.1, 0.15) is 6.10 Å². The summed E-state index contributed by atoms with van der Waals surface area (Å²) in [6.45, 7) is 17.7. The molecule has 0 aliphatic heterocycles. The van der Waals surface area contributed by atoms with E-state index >= 15 is 0 Å². The van der Waals surface area contributed by atoms with Crippen molar-refractivity contribution in [3.8, 4) is 0 Å². The number of hydrogen-bond acceptors (Lipinski definition) is 4. The molecule has 0 amide bonds. The molecule has 0 aromatic carbocycles. The van der Waals surface area contributed by atoms with Gasteiger partial charge in [0.05, 0.1) is 5.41 Å². The number of carboxylic acids is 1. The summed E-state index contributed by atoms with van der Waals surface area (Å²) < 4.78 is 5.86. The molecule has 37 heavy (non-hydrogen) atoms. The molecule has 4 saturated carbocycles. The summed E-state index contributed by atoms with van der Waals surface area (Å²) >= 11 is 0. The van der Waals surface area contributed by atoms with Crippen LogP contribution < -0.4 is 0 Å². The molecule has 0 spiro atoms. The zero-order valence-corrected chi connectivity index (χ0v) is 24.3. The normalized spacial score (nSPS) is 46.6. The number of ether oxygens (including phenoxy) is 1. The molecule has 5 aliphatic rings. The molecular weight excluding hydrogens is 464 g/mol. The number of aliphatic carboxylic acids is 1. The highest BCUT2D eigenvalue weighted by Crippen LogP contribution is 2.76. The highest BCUT2D eigenvalue weighted by molar-refractivity contribution is 6.05. The molecule has 0 aromatic rings. The predicted octanol–water partition coefficient (Wildman–Crippen LogP) is 6.98. The van der Waals surface area contributed by atoms with Crippen LogP contribution in [-0.2, 0) is 19.1 Å². The second-order valence-electron chi connectivity index (χ2n) is 15.0. The van der Waals surface area contributed by atoms with Crippen LogP contribution in [0.5, 0.6) is 0 Å². The standard InChI is InChI=1S/C32H48O5/c1-18(2)25-21(34)17-32(27(35)36)16-15-30(7)20(26(25)32)9-10-23-29(6)13-12-24(37-19(3)33)28(4,5)22(29)11-14-31(23,30)8/h18,20,22-24H,9-17H2,1-8H3,(H,35,36)/t20?,22-,23+,24-,29-,30+,31+,32+/m0/s1. The van der Waals surface area contributed by atoms with Crippen LogP contribution in [0.3, 0.4) is 0 Å². The summed E-state index contributed by atoms with van der Waals surface area (Å²) in [5.41, 5.74) is 0.992. The highest BCUT2D eigenvalue weighted by Gasteiger charge is 2.71. The maximum atomic E-state index is 13.3. The molecule has 5 rings (SSSR count). The maximum Gasteiger partial charge on any atom is 0.314 e. The van der Waals surface area contributed by atoms with Crippen molar-refractivity contribution in [2.75, 3.05) is 0 Å². The lowest BCUT2D eigenvalue weighted by Gasteiger charge is -2.72. The molecule has 5 nitrogen and oxygen atoms in total. The van der Waals surface area contributed by atoms with Crippen molar-refractivity contribution in [1.82, 2.24) is 0 Å². The van der Waals surface area contributed by atoms with Gasteiger partial charge in [-0.1, -0.05) is 48.5 Å². The zero-order chi connectivity index (χ0) is 27.3. The van der Waals surface area contributed by atoms with Crippen molar-refractivity contribution in [2.24, 2.45) is 50.7 Å². The van der Waals surface area contributed by atoms with Gasteiger partial charge in [0.2, 0.25) is 0 Å². The number of allylic oxidation sites excluding steroid dienone is 1. The molecular formula is C32H48O5. The zero-order valence-electron chi connectivity index (χ0n) is 24.3. The minimum atomic E-state index is -0.991. The van der Waals surface area contributed by atoms with Crippen LogP contribution in [0.2, 0.25) is 0 Å². The minimum absolute atomic E-state index is 0.0280. The van der Waals surface area contributed by atoms with Gasteiger partial charge in [-0.3, -0.25) is 14.4 Å². The minimum Gasteiger partial charge on any atom is -0.481 e. The predicted molar refractivity (Wildman–Crippen MR) is 143 cm³/mol. The summed E-state index contributed by atoms with van der Waals surface area (Å²) in [6.07, 6.45) is 7.82. The Morgan fingerprint density at radius 2 is 1.57 bits per heavy atom. The smallest absolute Gasteiger partial charge is 0.314 e. The molecule has 4 fully saturated rings. The maximum absolute atomic E-state index is 13.3. The van der Waals surface area contributed by atoms with E-state index in [0.717, 1.165) is 56.1 Å². The van der Waals surface area contributed by atoms with Crippen molar-refractivity contribution in [2.45, 2.75) is 119 Å². The van der Waals surface area contributed by atoms with Crippen LogP contribution in [0, 0.1) is 50.7 Å². The molecule has 8 atom stereocenters. The largest absolute Gasteiger partial charge is 0.481 e. The van der Waals surface area contributed by atoms with E-state index in [2.05, 4.69) is 48.5 Å². The van der Waals surface area contributed by atoms with Crippen LogP contribution in [0.1, 0.15) is 113 Å². The first-order valence-corrected chi connectivity index (χ1v) is 14.7. The summed E-state index contributed by atoms with van der Waals surface area (Å²) in [5.74, 6) is 0.341. The van der Waals surface area contributed by atoms with Gasteiger partial charge in [0.15, 0.2) is 5.78 Å². The molecule has 0 bridgehead atoms. The number of esters is 1. The third kappa shape index (κ3) is 3.30. The Labute approximate surface area is 223 Å². The Kier molecular flexibility index (Phi) is 5.95. The quantitative estimate of drug-likeness (QED) is 0.413. The number of carboxylic acid groups (broad SMARTS) is 1. The van der Waals surface area contributed by atoms with Gasteiger partial charge in [0, 0.05) is 18.8 Å². The lowest BCUT2D eigenvalue weighted by molar-refractivity contribution is -0.233. The van der Waals surface area contributed by atoms with Crippen LogP contribution in [0.25, 0.3) is 0 Å². The van der Waals surface area contributed by atoms with E-state index in [-0.39, 0.29) is 57.8 Å². The van der Waals surface area contributed by atoms with E-state index in [9.17, 15) is 19.5 Å². The molecule has 1 unspecified atom stereocenters. The fourth-order valence-electron chi connectivity index (χ4n) is 11.3. The first-order chi connectivity index (χ1) is 17.1. The number of hydrogen-bond donors (Lipinski definition) is 1. The number of carbonyl (C=O) groups excluding carboxylic acids is 2. The van der Waals surface area contributed by atoms with E-state index in [4.69, 9.17) is 4.74 Å². The van der Waals surface area contributed by atoms with Gasteiger partial charge in [-0.05, 0) is 102 Å². The van der Waals surface area contributed by atoms with Gasteiger partial charge in [-0.25, -0.2) is 0 Å². The number of Topliss-reactive ketones (excluding diaryl/α,β-unsaturated/α-hetero) is 1. The Bertz CT molecular complexity index is 1070. The third-order valence-corrected chi connectivity index (χ3v) is 13.1. The molecule has 1 N–H and O–H groups in total. The molecule has 0 aromatic heterocycles. The van der Waals surface area contributed by atoms with Crippen molar-refractivity contribution < 1.29 is 24.2 Å². The monoisotopic (exact) mass is 512 g/mol. The first kappa shape index (κ1) is 26.9. The fourth-order valence-corrected chi connectivity index (χ4v) is 11.3. The summed E-state index contributed by atoms with van der Waals surface area (Å²) in [5, 5.41) is 10.5. The average molecular weight is 513 g/mol. The van der Waals surface area contributed by atoms with E-state index in [1.165, 1.54) is 6.92 Å². The summed E-state index contributed by atoms with van der Waals surface area (Å²) in [7, 11) is 0. The van der Waals surface area contributed by atoms with Crippen LogP contribution in [0.15, 0.2) is 11.1 Å². The van der Waals surface area contributed by atoms with Crippen LogP contribution in [-0.4, -0.2) is 28.9 Å². The Hall–Kier alpha value is -1.65. The Balaban J connectivity index is 1.57. The number of fused-ring (bicyclic) bond motifs is 7. The third-order valence-electron chi connectivity index (χ3n) is 13.1. The second-order valence-corrected chi connectivity index (χ2v) is 15.0. The van der Waals surface area contributed by atoms with E-state index in [1.807, 2.05) is 0 Å².